The second kappa shape index (κ2) is 7.96. The zero-order valence-electron chi connectivity index (χ0n) is 14.2. The van der Waals surface area contributed by atoms with Gasteiger partial charge in [-0.25, -0.2) is 14.5 Å². The summed E-state index contributed by atoms with van der Waals surface area (Å²) in [5.41, 5.74) is -1.88. The first-order valence-electron chi connectivity index (χ1n) is 7.79. The molecule has 9 heteroatoms. The van der Waals surface area contributed by atoms with Crippen molar-refractivity contribution < 1.29 is 19.4 Å². The Balaban J connectivity index is 1.91. The molecule has 140 valence electrons. The number of hydrogen-bond donors (Lipinski definition) is 1. The molecule has 1 atom stereocenters. The van der Waals surface area contributed by atoms with Gasteiger partial charge in [0, 0.05) is 10.6 Å². The Labute approximate surface area is 165 Å². The van der Waals surface area contributed by atoms with E-state index in [1.54, 1.807) is 30.3 Å². The van der Waals surface area contributed by atoms with Gasteiger partial charge in [0.15, 0.2) is 0 Å². The zero-order valence-corrected chi connectivity index (χ0v) is 15.7. The molecule has 3 rings (SSSR count). The van der Waals surface area contributed by atoms with Gasteiger partial charge in [0.25, 0.3) is 0 Å². The van der Waals surface area contributed by atoms with E-state index in [-0.39, 0.29) is 17.1 Å². The Hall–Kier alpha value is -2.61. The number of hydrogen-bond acceptors (Lipinski definition) is 6. The summed E-state index contributed by atoms with van der Waals surface area (Å²) in [4.78, 5) is 16.1. The van der Waals surface area contributed by atoms with E-state index >= 15 is 0 Å². The molecule has 3 aromatic rings. The number of carbonyl (C=O) groups is 1. The standard InChI is InChI=1S/C18H15Cl2N3O4/c1-26-17(24)18(25,9-23-11-21-10-22-23)15-7-6-14(8-16(15)20)27-13-4-2-12(19)3-5-13/h2-8,10-11,25H,9H2,1H3/t18-/m0/s1. The van der Waals surface area contributed by atoms with Crippen molar-refractivity contribution in [2.24, 2.45) is 0 Å². The molecule has 0 fully saturated rings. The first-order valence-corrected chi connectivity index (χ1v) is 8.54. The molecule has 7 nitrogen and oxygen atoms in total. The minimum Gasteiger partial charge on any atom is -0.467 e. The molecule has 1 aromatic heterocycles. The lowest BCUT2D eigenvalue weighted by molar-refractivity contribution is -0.165. The fraction of sp³-hybridized carbons (Fsp3) is 0.167. The number of nitrogens with zero attached hydrogens (tertiary/aromatic N) is 3. The molecule has 0 aliphatic carbocycles. The largest absolute Gasteiger partial charge is 0.467 e. The second-order valence-electron chi connectivity index (χ2n) is 5.64. The van der Waals surface area contributed by atoms with Crippen molar-refractivity contribution in [3.05, 3.63) is 70.7 Å². The van der Waals surface area contributed by atoms with Gasteiger partial charge in [0.1, 0.15) is 24.2 Å². The molecule has 1 N–H and O–H groups in total. The van der Waals surface area contributed by atoms with Crippen LogP contribution in [0.1, 0.15) is 5.56 Å². The van der Waals surface area contributed by atoms with E-state index in [0.29, 0.717) is 16.5 Å². The maximum Gasteiger partial charge on any atom is 0.344 e. The lowest BCUT2D eigenvalue weighted by Gasteiger charge is -2.26. The average Bonchev–Trinajstić information content (AvgIpc) is 3.15. The molecule has 0 unspecified atom stereocenters. The third-order valence-corrected chi connectivity index (χ3v) is 4.38. The molecule has 27 heavy (non-hydrogen) atoms. The fourth-order valence-corrected chi connectivity index (χ4v) is 2.96. The van der Waals surface area contributed by atoms with Gasteiger partial charge in [-0.2, -0.15) is 5.10 Å². The summed E-state index contributed by atoms with van der Waals surface area (Å²) in [7, 11) is 1.18. The Morgan fingerprint density at radius 1 is 1.19 bits per heavy atom. The number of halogens is 2. The predicted molar refractivity (Wildman–Crippen MR) is 98.9 cm³/mol. The molecule has 0 saturated heterocycles. The number of rotatable bonds is 6. The summed E-state index contributed by atoms with van der Waals surface area (Å²) in [5.74, 6) is 0.124. The summed E-state index contributed by atoms with van der Waals surface area (Å²) in [6.45, 7) is -0.212. The first kappa shape index (κ1) is 19.2. The summed E-state index contributed by atoms with van der Waals surface area (Å²) >= 11 is 12.2. The first-order chi connectivity index (χ1) is 12.9. The third kappa shape index (κ3) is 4.21. The van der Waals surface area contributed by atoms with Gasteiger partial charge in [-0.1, -0.05) is 29.3 Å². The van der Waals surface area contributed by atoms with Crippen LogP contribution in [0.3, 0.4) is 0 Å². The summed E-state index contributed by atoms with van der Waals surface area (Å²) in [6.07, 6.45) is 2.67. The lowest BCUT2D eigenvalue weighted by atomic mass is 9.93. The van der Waals surface area contributed by atoms with Crippen LogP contribution in [0.4, 0.5) is 0 Å². The highest BCUT2D eigenvalue weighted by Crippen LogP contribution is 2.35. The van der Waals surface area contributed by atoms with Crippen LogP contribution in [0, 0.1) is 0 Å². The van der Waals surface area contributed by atoms with Gasteiger partial charge >= 0.3 is 5.97 Å². The molecule has 0 amide bonds. The number of aromatic nitrogens is 3. The highest BCUT2D eigenvalue weighted by molar-refractivity contribution is 6.32. The molecule has 0 aliphatic rings. The number of carbonyl (C=O) groups excluding carboxylic acids is 1. The molecule has 0 spiro atoms. The molecule has 0 bridgehead atoms. The predicted octanol–water partition coefficient (Wildman–Crippen LogP) is 3.44. The zero-order chi connectivity index (χ0) is 19.4. The molecule has 0 aliphatic heterocycles. The minimum absolute atomic E-state index is 0.134. The van der Waals surface area contributed by atoms with Gasteiger partial charge in [-0.3, -0.25) is 0 Å². The van der Waals surface area contributed by atoms with Crippen molar-refractivity contribution in [3.63, 3.8) is 0 Å². The van der Waals surface area contributed by atoms with Crippen molar-refractivity contribution in [1.82, 2.24) is 14.8 Å². The summed E-state index contributed by atoms with van der Waals surface area (Å²) in [6, 6.07) is 11.4. The second-order valence-corrected chi connectivity index (χ2v) is 6.49. The van der Waals surface area contributed by atoms with Crippen molar-refractivity contribution in [2.75, 3.05) is 7.11 Å². The third-order valence-electron chi connectivity index (χ3n) is 3.82. The molecular weight excluding hydrogens is 393 g/mol. The molecule has 2 aromatic carbocycles. The SMILES string of the molecule is COC(=O)[C@](O)(Cn1cncn1)c1ccc(Oc2ccc(Cl)cc2)cc1Cl. The van der Waals surface area contributed by atoms with Crippen LogP contribution in [-0.2, 0) is 21.7 Å². The normalized spacial score (nSPS) is 13.0. The topological polar surface area (TPSA) is 86.5 Å². The van der Waals surface area contributed by atoms with Crippen LogP contribution in [-0.4, -0.2) is 33.0 Å². The van der Waals surface area contributed by atoms with Crippen LogP contribution < -0.4 is 4.74 Å². The van der Waals surface area contributed by atoms with E-state index in [0.717, 1.165) is 0 Å². The van der Waals surface area contributed by atoms with Crippen LogP contribution in [0.15, 0.2) is 55.1 Å². The highest BCUT2D eigenvalue weighted by Gasteiger charge is 2.42. The molecule has 0 saturated carbocycles. The molecule has 1 heterocycles. The lowest BCUT2D eigenvalue weighted by Crippen LogP contribution is -2.41. The van der Waals surface area contributed by atoms with Crippen LogP contribution in [0.25, 0.3) is 0 Å². The minimum atomic E-state index is -2.04. The van der Waals surface area contributed by atoms with E-state index in [1.165, 1.54) is 36.6 Å². The Bertz CT molecular complexity index is 932. The van der Waals surface area contributed by atoms with Gasteiger partial charge in [-0.05, 0) is 36.4 Å². The number of aliphatic hydroxyl groups is 1. The van der Waals surface area contributed by atoms with Crippen molar-refractivity contribution in [2.45, 2.75) is 12.1 Å². The van der Waals surface area contributed by atoms with Gasteiger partial charge in [-0.15, -0.1) is 0 Å². The number of ether oxygens (including phenoxy) is 2. The molecule has 0 radical (unpaired) electrons. The highest BCUT2D eigenvalue weighted by atomic mass is 35.5. The number of methoxy groups -OCH3 is 1. The van der Waals surface area contributed by atoms with E-state index < -0.39 is 11.6 Å². The average molecular weight is 408 g/mol. The quantitative estimate of drug-likeness (QED) is 0.629. The fourth-order valence-electron chi connectivity index (χ4n) is 2.51. The van der Waals surface area contributed by atoms with Crippen LogP contribution in [0.5, 0.6) is 11.5 Å². The van der Waals surface area contributed by atoms with Crippen LogP contribution >= 0.6 is 23.2 Å². The Kier molecular flexibility index (Phi) is 5.65. The van der Waals surface area contributed by atoms with Crippen molar-refractivity contribution in [1.29, 1.82) is 0 Å². The van der Waals surface area contributed by atoms with Gasteiger partial charge < -0.3 is 14.6 Å². The van der Waals surface area contributed by atoms with Gasteiger partial charge in [0.2, 0.25) is 5.60 Å². The van der Waals surface area contributed by atoms with Gasteiger partial charge in [0.05, 0.1) is 18.7 Å². The monoisotopic (exact) mass is 407 g/mol. The smallest absolute Gasteiger partial charge is 0.344 e. The maximum atomic E-state index is 12.3. The Morgan fingerprint density at radius 3 is 2.48 bits per heavy atom. The van der Waals surface area contributed by atoms with Crippen molar-refractivity contribution >= 4 is 29.2 Å². The van der Waals surface area contributed by atoms with E-state index in [2.05, 4.69) is 10.1 Å². The Morgan fingerprint density at radius 2 is 1.89 bits per heavy atom. The van der Waals surface area contributed by atoms with E-state index in [9.17, 15) is 9.90 Å². The number of benzene rings is 2. The summed E-state index contributed by atoms with van der Waals surface area (Å²) in [5, 5.41) is 15.6. The summed E-state index contributed by atoms with van der Waals surface area (Å²) < 4.78 is 11.8. The van der Waals surface area contributed by atoms with E-state index in [4.69, 9.17) is 32.7 Å². The number of esters is 1. The molecular formula is C18H15Cl2N3O4. The van der Waals surface area contributed by atoms with Crippen molar-refractivity contribution in [3.8, 4) is 11.5 Å². The van der Waals surface area contributed by atoms with E-state index in [1.807, 2.05) is 0 Å². The van der Waals surface area contributed by atoms with Crippen LogP contribution in [0.2, 0.25) is 10.0 Å². The maximum absolute atomic E-state index is 12.3.